The number of aromatic nitrogens is 1. The Hall–Kier alpha value is -1.91. The third-order valence-electron chi connectivity index (χ3n) is 2.62. The fraction of sp³-hybridized carbons (Fsp3) is 0.417. The van der Waals surface area contributed by atoms with E-state index in [-0.39, 0.29) is 0 Å². The zero-order chi connectivity index (χ0) is 15.8. The maximum atomic E-state index is 11.6. The number of aliphatic hydroxyl groups is 5. The molecule has 1 aromatic rings. The van der Waals surface area contributed by atoms with Crippen LogP contribution in [0.3, 0.4) is 0 Å². The summed E-state index contributed by atoms with van der Waals surface area (Å²) in [7, 11) is 0. The SMILES string of the molecule is O=C(N/N=C\[C@@H](O)[C@H](O)[C@H](O)[C@H](O)CO)c1ccncc1. The van der Waals surface area contributed by atoms with Crippen LogP contribution in [0.2, 0.25) is 0 Å². The zero-order valence-electron chi connectivity index (χ0n) is 10.9. The largest absolute Gasteiger partial charge is 0.394 e. The summed E-state index contributed by atoms with van der Waals surface area (Å²) >= 11 is 0. The van der Waals surface area contributed by atoms with Crippen molar-refractivity contribution in [3.05, 3.63) is 30.1 Å². The first-order chi connectivity index (χ1) is 9.97. The highest BCUT2D eigenvalue weighted by Crippen LogP contribution is 2.03. The van der Waals surface area contributed by atoms with Crippen LogP contribution < -0.4 is 5.43 Å². The third kappa shape index (κ3) is 5.17. The first-order valence-corrected chi connectivity index (χ1v) is 6.04. The second-order valence-electron chi connectivity index (χ2n) is 4.18. The maximum absolute atomic E-state index is 11.6. The van der Waals surface area contributed by atoms with E-state index in [1.807, 2.05) is 0 Å². The Morgan fingerprint density at radius 1 is 1.24 bits per heavy atom. The summed E-state index contributed by atoms with van der Waals surface area (Å²) in [5.41, 5.74) is 2.40. The maximum Gasteiger partial charge on any atom is 0.271 e. The predicted octanol–water partition coefficient (Wildman–Crippen LogP) is -2.77. The lowest BCUT2D eigenvalue weighted by molar-refractivity contribution is -0.0999. The van der Waals surface area contributed by atoms with Gasteiger partial charge in [-0.25, -0.2) is 5.43 Å². The van der Waals surface area contributed by atoms with Gasteiger partial charge in [0.1, 0.15) is 24.4 Å². The number of hydrogen-bond acceptors (Lipinski definition) is 8. The van der Waals surface area contributed by atoms with E-state index in [0.717, 1.165) is 6.21 Å². The molecule has 1 heterocycles. The molecule has 0 saturated carbocycles. The lowest BCUT2D eigenvalue weighted by Crippen LogP contribution is -2.46. The van der Waals surface area contributed by atoms with Crippen LogP contribution in [-0.4, -0.2) is 73.7 Å². The van der Waals surface area contributed by atoms with Crippen LogP contribution in [0.25, 0.3) is 0 Å². The molecule has 9 heteroatoms. The molecular weight excluding hydrogens is 282 g/mol. The van der Waals surface area contributed by atoms with Gasteiger partial charge in [0.2, 0.25) is 0 Å². The third-order valence-corrected chi connectivity index (χ3v) is 2.62. The van der Waals surface area contributed by atoms with Crippen molar-refractivity contribution < 1.29 is 30.3 Å². The molecule has 0 radical (unpaired) electrons. The molecule has 1 amide bonds. The Morgan fingerprint density at radius 2 is 1.86 bits per heavy atom. The second kappa shape index (κ2) is 8.39. The summed E-state index contributed by atoms with van der Waals surface area (Å²) in [6.07, 6.45) is -3.14. The molecule has 0 aliphatic carbocycles. The van der Waals surface area contributed by atoms with Gasteiger partial charge in [0.25, 0.3) is 5.91 Å². The molecule has 4 atom stereocenters. The quantitative estimate of drug-likeness (QED) is 0.235. The van der Waals surface area contributed by atoms with E-state index >= 15 is 0 Å². The van der Waals surface area contributed by atoms with Gasteiger partial charge in [-0.1, -0.05) is 0 Å². The fourth-order valence-electron chi connectivity index (χ4n) is 1.37. The van der Waals surface area contributed by atoms with Crippen molar-refractivity contribution in [1.82, 2.24) is 10.4 Å². The topological polar surface area (TPSA) is 156 Å². The molecule has 0 aliphatic rings. The monoisotopic (exact) mass is 299 g/mol. The van der Waals surface area contributed by atoms with Gasteiger partial charge < -0.3 is 25.5 Å². The normalized spacial score (nSPS) is 17.2. The Balaban J connectivity index is 2.51. The summed E-state index contributed by atoms with van der Waals surface area (Å²) in [6.45, 7) is -0.777. The van der Waals surface area contributed by atoms with E-state index in [2.05, 4.69) is 15.5 Å². The first-order valence-electron chi connectivity index (χ1n) is 6.04. The van der Waals surface area contributed by atoms with Crippen LogP contribution in [0.1, 0.15) is 10.4 Å². The Labute approximate surface area is 120 Å². The summed E-state index contributed by atoms with van der Waals surface area (Å²) in [4.78, 5) is 15.3. The number of hydrazone groups is 1. The molecule has 0 bridgehead atoms. The van der Waals surface area contributed by atoms with Crippen molar-refractivity contribution in [2.75, 3.05) is 6.61 Å². The van der Waals surface area contributed by atoms with Crippen molar-refractivity contribution in [2.24, 2.45) is 5.10 Å². The molecule has 116 valence electrons. The molecule has 0 aliphatic heterocycles. The average Bonchev–Trinajstić information content (AvgIpc) is 2.53. The number of nitrogens with zero attached hydrogens (tertiary/aromatic N) is 2. The molecule has 9 nitrogen and oxygen atoms in total. The molecule has 0 fully saturated rings. The molecular formula is C12H17N3O6. The van der Waals surface area contributed by atoms with E-state index in [4.69, 9.17) is 10.2 Å². The van der Waals surface area contributed by atoms with E-state index in [1.165, 1.54) is 24.5 Å². The first kappa shape index (κ1) is 17.1. The van der Waals surface area contributed by atoms with E-state index in [1.54, 1.807) is 0 Å². The van der Waals surface area contributed by atoms with E-state index in [0.29, 0.717) is 5.56 Å². The van der Waals surface area contributed by atoms with Crippen molar-refractivity contribution >= 4 is 12.1 Å². The van der Waals surface area contributed by atoms with Crippen molar-refractivity contribution in [3.8, 4) is 0 Å². The van der Waals surface area contributed by atoms with E-state index in [9.17, 15) is 20.1 Å². The Bertz CT molecular complexity index is 469. The summed E-state index contributed by atoms with van der Waals surface area (Å²) in [6, 6.07) is 2.91. The van der Waals surface area contributed by atoms with Gasteiger partial charge in [0, 0.05) is 18.0 Å². The Kier molecular flexibility index (Phi) is 6.85. The number of nitrogens with one attached hydrogen (secondary N) is 1. The van der Waals surface area contributed by atoms with Crippen LogP contribution in [0.15, 0.2) is 29.6 Å². The summed E-state index contributed by atoms with van der Waals surface area (Å²) in [5, 5.41) is 49.5. The highest BCUT2D eigenvalue weighted by molar-refractivity contribution is 5.94. The fourth-order valence-corrected chi connectivity index (χ4v) is 1.37. The van der Waals surface area contributed by atoms with Gasteiger partial charge in [-0.3, -0.25) is 9.78 Å². The van der Waals surface area contributed by atoms with Crippen molar-refractivity contribution in [3.63, 3.8) is 0 Å². The standard InChI is InChI=1S/C12H17N3O6/c16-6-9(18)11(20)10(19)8(17)5-14-15-12(21)7-1-3-13-4-2-7/h1-5,8-11,16-20H,6H2,(H,15,21)/b14-5-/t8-,9-,10+,11-/m1/s1. The number of carbonyl (C=O) groups excluding carboxylic acids is 1. The molecule has 21 heavy (non-hydrogen) atoms. The summed E-state index contributed by atoms with van der Waals surface area (Å²) < 4.78 is 0. The number of pyridine rings is 1. The van der Waals surface area contributed by atoms with Crippen molar-refractivity contribution in [2.45, 2.75) is 24.4 Å². The average molecular weight is 299 g/mol. The minimum Gasteiger partial charge on any atom is -0.394 e. The molecule has 0 spiro atoms. The highest BCUT2D eigenvalue weighted by atomic mass is 16.4. The van der Waals surface area contributed by atoms with Crippen LogP contribution in [-0.2, 0) is 0 Å². The van der Waals surface area contributed by atoms with Gasteiger partial charge in [0.15, 0.2) is 0 Å². The summed E-state index contributed by atoms with van der Waals surface area (Å²) in [5.74, 6) is -0.550. The minimum absolute atomic E-state index is 0.299. The number of hydrogen-bond donors (Lipinski definition) is 6. The smallest absolute Gasteiger partial charge is 0.271 e. The van der Waals surface area contributed by atoms with Gasteiger partial charge in [0.05, 0.1) is 12.8 Å². The van der Waals surface area contributed by atoms with Crippen molar-refractivity contribution in [1.29, 1.82) is 0 Å². The number of rotatable bonds is 7. The predicted molar refractivity (Wildman–Crippen MR) is 71.3 cm³/mol. The minimum atomic E-state index is -1.77. The van der Waals surface area contributed by atoms with Crippen LogP contribution in [0.5, 0.6) is 0 Å². The van der Waals surface area contributed by atoms with Crippen LogP contribution >= 0.6 is 0 Å². The van der Waals surface area contributed by atoms with Crippen LogP contribution in [0, 0.1) is 0 Å². The second-order valence-corrected chi connectivity index (χ2v) is 4.18. The molecule has 1 rings (SSSR count). The molecule has 6 N–H and O–H groups in total. The molecule has 0 unspecified atom stereocenters. The number of carbonyl (C=O) groups is 1. The number of amides is 1. The Morgan fingerprint density at radius 3 is 2.43 bits per heavy atom. The van der Waals surface area contributed by atoms with Gasteiger partial charge >= 0.3 is 0 Å². The van der Waals surface area contributed by atoms with Crippen LogP contribution in [0.4, 0.5) is 0 Å². The van der Waals surface area contributed by atoms with Gasteiger partial charge in [-0.15, -0.1) is 0 Å². The molecule has 0 saturated heterocycles. The molecule has 1 aromatic heterocycles. The van der Waals surface area contributed by atoms with Gasteiger partial charge in [-0.2, -0.15) is 5.10 Å². The van der Waals surface area contributed by atoms with Gasteiger partial charge in [-0.05, 0) is 12.1 Å². The lowest BCUT2D eigenvalue weighted by atomic mass is 10.0. The highest BCUT2D eigenvalue weighted by Gasteiger charge is 2.29. The number of aliphatic hydroxyl groups excluding tert-OH is 5. The lowest BCUT2D eigenvalue weighted by Gasteiger charge is -2.23. The zero-order valence-corrected chi connectivity index (χ0v) is 10.9. The molecule has 0 aromatic carbocycles. The van der Waals surface area contributed by atoms with E-state index < -0.39 is 36.9 Å².